The van der Waals surface area contributed by atoms with Gasteiger partial charge in [0, 0.05) is 31.8 Å². The van der Waals surface area contributed by atoms with Gasteiger partial charge in [-0.15, -0.1) is 0 Å². The third-order valence-corrected chi connectivity index (χ3v) is 3.10. The van der Waals surface area contributed by atoms with Crippen molar-refractivity contribution < 1.29 is 14.2 Å². The lowest BCUT2D eigenvalue weighted by atomic mass is 10.0. The fourth-order valence-corrected chi connectivity index (χ4v) is 1.82. The van der Waals surface area contributed by atoms with Crippen molar-refractivity contribution in [2.75, 3.05) is 34.4 Å². The van der Waals surface area contributed by atoms with Crippen LogP contribution >= 0.6 is 0 Å². The summed E-state index contributed by atoms with van der Waals surface area (Å²) in [6.07, 6.45) is 0.130. The van der Waals surface area contributed by atoms with Gasteiger partial charge in [0.2, 0.25) is 0 Å². The summed E-state index contributed by atoms with van der Waals surface area (Å²) >= 11 is 0. The number of nitrogens with one attached hydrogen (secondary N) is 1. The average Bonchev–Trinajstić information content (AvgIpc) is 2.47. The minimum atomic E-state index is 0.00245. The Morgan fingerprint density at radius 3 is 2.47 bits per heavy atom. The van der Waals surface area contributed by atoms with E-state index in [1.165, 1.54) is 0 Å². The van der Waals surface area contributed by atoms with Crippen LogP contribution in [0.25, 0.3) is 0 Å². The highest BCUT2D eigenvalue weighted by molar-refractivity contribution is 5.42. The Kier molecular flexibility index (Phi) is 6.62. The first kappa shape index (κ1) is 15.8. The molecule has 0 spiro atoms. The molecule has 0 aliphatic heterocycles. The normalized spacial score (nSPS) is 13.9. The first-order valence-corrected chi connectivity index (χ1v) is 6.34. The zero-order chi connectivity index (χ0) is 14.3. The molecule has 0 saturated heterocycles. The minimum Gasteiger partial charge on any atom is -0.497 e. The summed E-state index contributed by atoms with van der Waals surface area (Å²) in [4.78, 5) is 0. The second-order valence-electron chi connectivity index (χ2n) is 4.35. The molecule has 2 unspecified atom stereocenters. The van der Waals surface area contributed by atoms with Gasteiger partial charge in [0.05, 0.1) is 20.3 Å². The maximum atomic E-state index is 5.85. The number of ether oxygens (including phenoxy) is 3. The van der Waals surface area contributed by atoms with Crippen molar-refractivity contribution >= 4 is 0 Å². The van der Waals surface area contributed by atoms with E-state index in [9.17, 15) is 0 Å². The van der Waals surface area contributed by atoms with Crippen LogP contribution in [0.4, 0.5) is 0 Å². The van der Waals surface area contributed by atoms with E-state index < -0.39 is 0 Å². The average molecular weight is 268 g/mol. The van der Waals surface area contributed by atoms with E-state index in [2.05, 4.69) is 5.32 Å². The molecule has 0 fully saturated rings. The first-order chi connectivity index (χ1) is 9.15. The molecule has 1 aromatic carbocycles. The quantitative estimate of drug-likeness (QED) is 0.744. The van der Waals surface area contributed by atoms with Crippen LogP contribution in [-0.4, -0.2) is 40.5 Å². The molecule has 0 bridgehead atoms. The zero-order valence-electron chi connectivity index (χ0n) is 12.1. The van der Waals surface area contributed by atoms with Crippen molar-refractivity contribution in [1.82, 2.24) is 5.32 Å². The molecule has 3 N–H and O–H groups in total. The van der Waals surface area contributed by atoms with Gasteiger partial charge in [0.15, 0.2) is 0 Å². The van der Waals surface area contributed by atoms with Crippen molar-refractivity contribution in [3.63, 3.8) is 0 Å². The predicted molar refractivity (Wildman–Crippen MR) is 75.8 cm³/mol. The van der Waals surface area contributed by atoms with E-state index in [-0.39, 0.29) is 12.1 Å². The third-order valence-electron chi connectivity index (χ3n) is 3.10. The SMILES string of the molecule is COc1ccc(OC)c(C(CN)NCC(C)OC)c1. The van der Waals surface area contributed by atoms with Gasteiger partial charge in [-0.25, -0.2) is 0 Å². The van der Waals surface area contributed by atoms with Crippen molar-refractivity contribution in [2.45, 2.75) is 19.1 Å². The number of hydrogen-bond donors (Lipinski definition) is 2. The van der Waals surface area contributed by atoms with Gasteiger partial charge >= 0.3 is 0 Å². The van der Waals surface area contributed by atoms with Gasteiger partial charge in [0.1, 0.15) is 11.5 Å². The number of hydrogen-bond acceptors (Lipinski definition) is 5. The maximum absolute atomic E-state index is 5.85. The van der Waals surface area contributed by atoms with Crippen molar-refractivity contribution in [1.29, 1.82) is 0 Å². The van der Waals surface area contributed by atoms with Gasteiger partial charge in [-0.3, -0.25) is 0 Å². The summed E-state index contributed by atoms with van der Waals surface area (Å²) in [6, 6.07) is 5.70. The van der Waals surface area contributed by atoms with E-state index in [4.69, 9.17) is 19.9 Å². The molecule has 1 rings (SSSR count). The van der Waals surface area contributed by atoms with Crippen molar-refractivity contribution in [2.24, 2.45) is 5.73 Å². The Bertz CT molecular complexity index is 385. The summed E-state index contributed by atoms with van der Waals surface area (Å²) in [5.74, 6) is 1.59. The van der Waals surface area contributed by atoms with E-state index in [1.807, 2.05) is 25.1 Å². The number of methoxy groups -OCH3 is 3. The van der Waals surface area contributed by atoms with Crippen LogP contribution in [0.15, 0.2) is 18.2 Å². The molecule has 0 saturated carbocycles. The lowest BCUT2D eigenvalue weighted by Crippen LogP contribution is -2.34. The molecule has 108 valence electrons. The molecule has 5 nitrogen and oxygen atoms in total. The Hall–Kier alpha value is -1.30. The zero-order valence-corrected chi connectivity index (χ0v) is 12.1. The van der Waals surface area contributed by atoms with Crippen LogP contribution in [0, 0.1) is 0 Å². The van der Waals surface area contributed by atoms with Gasteiger partial charge in [0.25, 0.3) is 0 Å². The molecule has 2 atom stereocenters. The first-order valence-electron chi connectivity index (χ1n) is 6.34. The van der Waals surface area contributed by atoms with Crippen LogP contribution < -0.4 is 20.5 Å². The second-order valence-corrected chi connectivity index (χ2v) is 4.35. The largest absolute Gasteiger partial charge is 0.497 e. The number of benzene rings is 1. The number of nitrogens with two attached hydrogens (primary N) is 1. The van der Waals surface area contributed by atoms with Crippen molar-refractivity contribution in [3.8, 4) is 11.5 Å². The van der Waals surface area contributed by atoms with Gasteiger partial charge in [-0.05, 0) is 25.1 Å². The monoisotopic (exact) mass is 268 g/mol. The summed E-state index contributed by atoms with van der Waals surface area (Å²) < 4.78 is 15.8. The molecule has 0 aromatic heterocycles. The molecule has 0 aliphatic rings. The van der Waals surface area contributed by atoms with Crippen LogP contribution in [-0.2, 0) is 4.74 Å². The third kappa shape index (κ3) is 4.38. The van der Waals surface area contributed by atoms with Crippen LogP contribution in [0.1, 0.15) is 18.5 Å². The minimum absolute atomic E-state index is 0.00245. The number of rotatable bonds is 8. The molecular weight excluding hydrogens is 244 g/mol. The van der Waals surface area contributed by atoms with E-state index in [0.29, 0.717) is 6.54 Å². The summed E-state index contributed by atoms with van der Waals surface area (Å²) in [5, 5.41) is 3.38. The lowest BCUT2D eigenvalue weighted by molar-refractivity contribution is 0.114. The van der Waals surface area contributed by atoms with E-state index in [0.717, 1.165) is 23.6 Å². The van der Waals surface area contributed by atoms with Crippen molar-refractivity contribution in [3.05, 3.63) is 23.8 Å². The highest BCUT2D eigenvalue weighted by Crippen LogP contribution is 2.28. The standard InChI is InChI=1S/C14H24N2O3/c1-10(17-2)9-16-13(8-15)12-7-11(18-3)5-6-14(12)19-4/h5-7,10,13,16H,8-9,15H2,1-4H3. The van der Waals surface area contributed by atoms with Gasteiger partial charge in [-0.2, -0.15) is 0 Å². The summed E-state index contributed by atoms with van der Waals surface area (Å²) in [6.45, 7) is 3.20. The summed E-state index contributed by atoms with van der Waals surface area (Å²) in [5.41, 5.74) is 6.84. The molecular formula is C14H24N2O3. The van der Waals surface area contributed by atoms with E-state index >= 15 is 0 Å². The summed E-state index contributed by atoms with van der Waals surface area (Å²) in [7, 11) is 4.98. The fourth-order valence-electron chi connectivity index (χ4n) is 1.82. The van der Waals surface area contributed by atoms with Gasteiger partial charge in [-0.1, -0.05) is 0 Å². The second kappa shape index (κ2) is 7.99. The molecule has 1 aromatic rings. The highest BCUT2D eigenvalue weighted by atomic mass is 16.5. The maximum Gasteiger partial charge on any atom is 0.123 e. The Morgan fingerprint density at radius 2 is 1.95 bits per heavy atom. The fraction of sp³-hybridized carbons (Fsp3) is 0.571. The molecule has 19 heavy (non-hydrogen) atoms. The molecule has 0 amide bonds. The molecule has 0 aliphatic carbocycles. The topological polar surface area (TPSA) is 65.7 Å². The molecule has 0 radical (unpaired) electrons. The smallest absolute Gasteiger partial charge is 0.123 e. The van der Waals surface area contributed by atoms with Gasteiger partial charge < -0.3 is 25.3 Å². The van der Waals surface area contributed by atoms with Crippen LogP contribution in [0.3, 0.4) is 0 Å². The Morgan fingerprint density at radius 1 is 1.21 bits per heavy atom. The highest BCUT2D eigenvalue weighted by Gasteiger charge is 2.16. The van der Waals surface area contributed by atoms with Crippen LogP contribution in [0.5, 0.6) is 11.5 Å². The van der Waals surface area contributed by atoms with E-state index in [1.54, 1.807) is 21.3 Å². The lowest BCUT2D eigenvalue weighted by Gasteiger charge is -2.22. The Balaban J connectivity index is 2.89. The van der Waals surface area contributed by atoms with Crippen LogP contribution in [0.2, 0.25) is 0 Å². The molecule has 0 heterocycles. The molecule has 5 heteroatoms. The Labute approximate surface area is 115 Å². The predicted octanol–water partition coefficient (Wildman–Crippen LogP) is 1.33.